The third kappa shape index (κ3) is 6.04. The van der Waals surface area contributed by atoms with Gasteiger partial charge in [-0.15, -0.1) is 0 Å². The first kappa shape index (κ1) is 33.2. The predicted molar refractivity (Wildman–Crippen MR) is 217 cm³/mol. The summed E-state index contributed by atoms with van der Waals surface area (Å²) in [4.78, 5) is 0. The Bertz CT molecular complexity index is 2240. The Morgan fingerprint density at radius 3 is 1.33 bits per heavy atom. The van der Waals surface area contributed by atoms with Crippen LogP contribution in [0.1, 0.15) is 64.2 Å². The van der Waals surface area contributed by atoms with Crippen molar-refractivity contribution in [2.75, 3.05) is 18.9 Å². The third-order valence-corrected chi connectivity index (χ3v) is 13.2. The van der Waals surface area contributed by atoms with Gasteiger partial charge in [0.05, 0.1) is 14.2 Å². The molecule has 2 aliphatic carbocycles. The van der Waals surface area contributed by atoms with Crippen LogP contribution in [0, 0.1) is 0 Å². The lowest BCUT2D eigenvalue weighted by atomic mass is 9.91. The van der Waals surface area contributed by atoms with Crippen molar-refractivity contribution in [1.82, 2.24) is 0 Å². The molecule has 1 aromatic heterocycles. The van der Waals surface area contributed by atoms with Crippen LogP contribution in [-0.2, 0) is 0 Å². The summed E-state index contributed by atoms with van der Waals surface area (Å²) in [6.45, 7) is 0. The molecule has 0 atom stereocenters. The van der Waals surface area contributed by atoms with E-state index in [0.29, 0.717) is 12.1 Å². The van der Waals surface area contributed by atoms with Gasteiger partial charge in [0.2, 0.25) is 0 Å². The van der Waals surface area contributed by atoms with E-state index in [9.17, 15) is 0 Å². The predicted octanol–water partition coefficient (Wildman–Crippen LogP) is 13.6. The lowest BCUT2D eigenvalue weighted by Crippen LogP contribution is -2.43. The molecule has 5 nitrogen and oxygen atoms in total. The second kappa shape index (κ2) is 14.4. The van der Waals surface area contributed by atoms with Crippen molar-refractivity contribution in [3.05, 3.63) is 109 Å². The lowest BCUT2D eigenvalue weighted by molar-refractivity contribution is 0.348. The molecule has 0 bridgehead atoms. The van der Waals surface area contributed by atoms with Gasteiger partial charge in [-0.05, 0) is 94.8 Å². The van der Waals surface area contributed by atoms with Gasteiger partial charge in [-0.2, -0.15) is 4.67 Å². The molecule has 1 heterocycles. The van der Waals surface area contributed by atoms with Crippen LogP contribution in [0.15, 0.2) is 118 Å². The van der Waals surface area contributed by atoms with Crippen molar-refractivity contribution < 1.29 is 17.9 Å². The van der Waals surface area contributed by atoms with E-state index >= 15 is 0 Å². The summed E-state index contributed by atoms with van der Waals surface area (Å²) in [5.74, 6) is 1.67. The van der Waals surface area contributed by atoms with Crippen molar-refractivity contribution in [2.24, 2.45) is 0 Å². The maximum absolute atomic E-state index is 7.65. The minimum atomic E-state index is -1.54. The molecule has 6 aromatic carbocycles. The Kier molecular flexibility index (Phi) is 9.17. The van der Waals surface area contributed by atoms with E-state index in [1.54, 1.807) is 14.2 Å². The summed E-state index contributed by atoms with van der Waals surface area (Å²) in [5, 5.41) is 6.86. The monoisotopic (exact) mass is 707 g/mol. The molecule has 0 spiro atoms. The van der Waals surface area contributed by atoms with Crippen molar-refractivity contribution in [1.29, 1.82) is 0 Å². The first-order valence-electron chi connectivity index (χ1n) is 19.0. The Hall–Kier alpha value is -4.70. The maximum atomic E-state index is 7.65. The fraction of sp³-hybridized carbons (Fsp3) is 0.304. The van der Waals surface area contributed by atoms with Gasteiger partial charge >= 0.3 is 8.16 Å². The van der Waals surface area contributed by atoms with Crippen molar-refractivity contribution in [2.45, 2.75) is 76.3 Å². The van der Waals surface area contributed by atoms with E-state index in [0.717, 1.165) is 66.5 Å². The SMILES string of the molecule is COc1ccc(-c2cc3ccccc3c3c2op(N(C2CCCCC2)C2CCCCC2)oc2c(-c4ccc(OC)cc4)cc4ccccc4c23)cc1. The van der Waals surface area contributed by atoms with Crippen LogP contribution in [0.5, 0.6) is 11.5 Å². The fourth-order valence-electron chi connectivity index (χ4n) is 8.84. The van der Waals surface area contributed by atoms with Crippen LogP contribution >= 0.6 is 8.16 Å². The molecule has 7 aromatic rings. The highest BCUT2D eigenvalue weighted by Crippen LogP contribution is 2.50. The molecular formula is C46H46NO4P. The van der Waals surface area contributed by atoms with Gasteiger partial charge in [-0.3, -0.25) is 0 Å². The summed E-state index contributed by atoms with van der Waals surface area (Å²) in [6, 6.07) is 39.9. The van der Waals surface area contributed by atoms with Crippen LogP contribution in [0.3, 0.4) is 0 Å². The van der Waals surface area contributed by atoms with Gasteiger partial charge in [-0.25, -0.2) is 0 Å². The molecule has 52 heavy (non-hydrogen) atoms. The van der Waals surface area contributed by atoms with E-state index < -0.39 is 8.16 Å². The highest BCUT2D eigenvalue weighted by atomic mass is 31.1. The quantitative estimate of drug-likeness (QED) is 0.165. The first-order chi connectivity index (χ1) is 25.7. The number of hydrogen-bond acceptors (Lipinski definition) is 5. The molecule has 0 amide bonds. The van der Waals surface area contributed by atoms with Crippen LogP contribution in [0.4, 0.5) is 0 Å². The largest absolute Gasteiger partial charge is 0.497 e. The van der Waals surface area contributed by atoms with Crippen molar-refractivity contribution in [3.63, 3.8) is 0 Å². The Morgan fingerprint density at radius 2 is 0.923 bits per heavy atom. The Balaban J connectivity index is 1.48. The number of hydrogen-bond donors (Lipinski definition) is 0. The van der Waals surface area contributed by atoms with Gasteiger partial charge in [0.1, 0.15) is 11.5 Å². The van der Waals surface area contributed by atoms with Crippen molar-refractivity contribution >= 4 is 51.6 Å². The first-order valence-corrected chi connectivity index (χ1v) is 20.2. The molecule has 2 aliphatic rings. The molecule has 264 valence electrons. The molecule has 0 saturated heterocycles. The number of fused-ring (bicyclic) bond motifs is 7. The molecule has 0 unspecified atom stereocenters. The van der Waals surface area contributed by atoms with Crippen LogP contribution in [0.2, 0.25) is 0 Å². The number of methoxy groups -OCH3 is 2. The van der Waals surface area contributed by atoms with Crippen LogP contribution in [0.25, 0.3) is 65.7 Å². The van der Waals surface area contributed by atoms with E-state index in [2.05, 4.69) is 114 Å². The minimum absolute atomic E-state index is 0.433. The van der Waals surface area contributed by atoms with Crippen LogP contribution < -0.4 is 14.1 Å². The molecule has 2 fully saturated rings. The van der Waals surface area contributed by atoms with Gasteiger partial charge in [-0.1, -0.05) is 111 Å². The van der Waals surface area contributed by atoms with Gasteiger partial charge in [0, 0.05) is 34.0 Å². The average Bonchev–Trinajstić information content (AvgIpc) is 3.39. The number of nitrogens with zero attached hydrogens (tertiary/aromatic N) is 1. The summed E-state index contributed by atoms with van der Waals surface area (Å²) in [5.41, 5.74) is 6.15. The van der Waals surface area contributed by atoms with Gasteiger partial charge < -0.3 is 17.9 Å². The highest BCUT2D eigenvalue weighted by molar-refractivity contribution is 7.39. The molecule has 0 aliphatic heterocycles. The van der Waals surface area contributed by atoms with Gasteiger partial charge in [0.25, 0.3) is 0 Å². The molecule has 0 radical (unpaired) electrons. The smallest absolute Gasteiger partial charge is 0.310 e. The standard InChI is InChI=1S/C46H46NO4P/c1-48-37-25-21-31(22-26-37)41-29-33-13-9-11-19-39(33)43-44-40-20-12-10-14-34(40)30-42(32-23-27-38(49-2)28-24-32)46(44)51-52(50-45(41)43)47(35-15-5-3-6-16-35)36-17-7-4-8-18-36/h9-14,19-30,35-36H,3-8,15-18H2,1-2H3. The number of ether oxygens (including phenoxy) is 2. The zero-order valence-electron chi connectivity index (χ0n) is 30.1. The Labute approximate surface area is 306 Å². The number of rotatable bonds is 7. The fourth-order valence-corrected chi connectivity index (χ4v) is 10.8. The summed E-state index contributed by atoms with van der Waals surface area (Å²) < 4.78 is 29.2. The molecular weight excluding hydrogens is 661 g/mol. The second-order valence-corrected chi connectivity index (χ2v) is 15.8. The molecule has 0 N–H and O–H groups in total. The topological polar surface area (TPSA) is 48.0 Å². The normalized spacial score (nSPS) is 15.9. The summed E-state index contributed by atoms with van der Waals surface area (Å²) in [6.07, 6.45) is 12.4. The molecule has 9 rings (SSSR count). The second-order valence-electron chi connectivity index (χ2n) is 14.5. The Morgan fingerprint density at radius 1 is 0.519 bits per heavy atom. The zero-order valence-corrected chi connectivity index (χ0v) is 31.0. The van der Waals surface area contributed by atoms with E-state index in [4.69, 9.17) is 17.9 Å². The minimum Gasteiger partial charge on any atom is -0.497 e. The van der Waals surface area contributed by atoms with Gasteiger partial charge in [0.15, 0.2) is 11.2 Å². The molecule has 2 saturated carbocycles. The van der Waals surface area contributed by atoms with E-state index in [1.165, 1.54) is 75.0 Å². The van der Waals surface area contributed by atoms with Crippen LogP contribution in [-0.4, -0.2) is 26.3 Å². The summed E-state index contributed by atoms with van der Waals surface area (Å²) >= 11 is 0. The molecule has 6 heteroatoms. The average molecular weight is 708 g/mol. The van der Waals surface area contributed by atoms with Crippen molar-refractivity contribution in [3.8, 4) is 33.8 Å². The zero-order chi connectivity index (χ0) is 35.0. The third-order valence-electron chi connectivity index (χ3n) is 11.5. The maximum Gasteiger partial charge on any atom is 0.310 e. The summed E-state index contributed by atoms with van der Waals surface area (Å²) in [7, 11) is 1.90. The highest BCUT2D eigenvalue weighted by Gasteiger charge is 2.34. The van der Waals surface area contributed by atoms with E-state index in [1.807, 2.05) is 0 Å². The van der Waals surface area contributed by atoms with E-state index in [-0.39, 0.29) is 0 Å². The number of benzene rings is 6. The lowest BCUT2D eigenvalue weighted by Gasteiger charge is -2.38.